The Labute approximate surface area is 85.3 Å². The van der Waals surface area contributed by atoms with Gasteiger partial charge in [-0.05, 0) is 30.2 Å². The summed E-state index contributed by atoms with van der Waals surface area (Å²) < 4.78 is 0.853. The molecule has 13 heavy (non-hydrogen) atoms. The lowest BCUT2D eigenvalue weighted by Crippen LogP contribution is -2.12. The smallest absolute Gasteiger partial charge is 0.115 e. The van der Waals surface area contributed by atoms with Crippen LogP contribution < -0.4 is 5.73 Å². The number of hydrogen-bond donors (Lipinski definition) is 3. The molecule has 1 aromatic carbocycles. The molecule has 3 nitrogen and oxygen atoms in total. The highest BCUT2D eigenvalue weighted by Crippen LogP contribution is 2.27. The Morgan fingerprint density at radius 2 is 2.15 bits per heavy atom. The predicted molar refractivity (Wildman–Crippen MR) is 54.4 cm³/mol. The van der Waals surface area contributed by atoms with Crippen molar-refractivity contribution in [2.45, 2.75) is 12.5 Å². The summed E-state index contributed by atoms with van der Waals surface area (Å²) >= 11 is 3.33. The van der Waals surface area contributed by atoms with Crippen LogP contribution in [0.3, 0.4) is 0 Å². The van der Waals surface area contributed by atoms with E-state index in [0.29, 0.717) is 6.42 Å². The van der Waals surface area contributed by atoms with Crippen molar-refractivity contribution in [3.05, 3.63) is 28.2 Å². The average molecular weight is 246 g/mol. The fraction of sp³-hybridized carbons (Fsp3) is 0.333. The number of aliphatic hydroxyl groups excluding tert-OH is 1. The molecule has 0 saturated carbocycles. The summed E-state index contributed by atoms with van der Waals surface area (Å²) in [7, 11) is 0. The van der Waals surface area contributed by atoms with Gasteiger partial charge in [0.2, 0.25) is 0 Å². The Bertz CT molecular complexity index is 291. The van der Waals surface area contributed by atoms with Gasteiger partial charge in [-0.2, -0.15) is 0 Å². The summed E-state index contributed by atoms with van der Waals surface area (Å²) in [6.45, 7) is 0.0449. The second-order valence-electron chi connectivity index (χ2n) is 2.82. The van der Waals surface area contributed by atoms with Crippen LogP contribution in [0.4, 0.5) is 0 Å². The maximum absolute atomic E-state index is 9.22. The lowest BCUT2D eigenvalue weighted by atomic mass is 10.1. The minimum Gasteiger partial charge on any atom is -0.508 e. The van der Waals surface area contributed by atoms with Crippen LogP contribution >= 0.6 is 15.9 Å². The van der Waals surface area contributed by atoms with Crippen molar-refractivity contribution in [1.82, 2.24) is 0 Å². The quantitative estimate of drug-likeness (QED) is 0.757. The third-order valence-electron chi connectivity index (χ3n) is 1.82. The molecule has 0 spiro atoms. The van der Waals surface area contributed by atoms with Crippen molar-refractivity contribution < 1.29 is 10.2 Å². The second-order valence-corrected chi connectivity index (χ2v) is 3.68. The molecule has 4 N–H and O–H groups in total. The topological polar surface area (TPSA) is 66.5 Å². The van der Waals surface area contributed by atoms with E-state index in [4.69, 9.17) is 10.8 Å². The van der Waals surface area contributed by atoms with E-state index in [1.807, 2.05) is 0 Å². The van der Waals surface area contributed by atoms with E-state index in [-0.39, 0.29) is 18.4 Å². The number of aromatic hydroxyl groups is 1. The maximum atomic E-state index is 9.22. The number of aliphatic hydroxyl groups is 1. The first-order valence-electron chi connectivity index (χ1n) is 4.00. The van der Waals surface area contributed by atoms with Crippen molar-refractivity contribution in [2.24, 2.45) is 5.73 Å². The highest BCUT2D eigenvalue weighted by molar-refractivity contribution is 9.10. The predicted octanol–water partition coefficient (Wildman–Crippen LogP) is 1.54. The minimum atomic E-state index is -0.244. The van der Waals surface area contributed by atoms with Gasteiger partial charge in [0.25, 0.3) is 0 Å². The van der Waals surface area contributed by atoms with Crippen LogP contribution in [0.25, 0.3) is 0 Å². The highest BCUT2D eigenvalue weighted by Gasteiger charge is 2.09. The largest absolute Gasteiger partial charge is 0.508 e. The Morgan fingerprint density at radius 1 is 1.46 bits per heavy atom. The van der Waals surface area contributed by atoms with E-state index in [1.165, 1.54) is 0 Å². The molecule has 0 aliphatic heterocycles. The molecule has 0 radical (unpaired) electrons. The van der Waals surface area contributed by atoms with E-state index < -0.39 is 0 Å². The van der Waals surface area contributed by atoms with Crippen LogP contribution in [0, 0.1) is 0 Å². The molecule has 0 amide bonds. The summed E-state index contributed by atoms with van der Waals surface area (Å²) in [5.41, 5.74) is 6.59. The van der Waals surface area contributed by atoms with Crippen LogP contribution in [-0.2, 0) is 0 Å². The first-order valence-corrected chi connectivity index (χ1v) is 4.79. The van der Waals surface area contributed by atoms with Crippen LogP contribution in [0.2, 0.25) is 0 Å². The van der Waals surface area contributed by atoms with Crippen molar-refractivity contribution in [1.29, 1.82) is 0 Å². The molecule has 0 heterocycles. The zero-order valence-electron chi connectivity index (χ0n) is 7.07. The molecule has 0 aromatic heterocycles. The normalized spacial score (nSPS) is 12.8. The summed E-state index contributed by atoms with van der Waals surface area (Å²) in [5.74, 6) is 0.187. The van der Waals surface area contributed by atoms with Gasteiger partial charge < -0.3 is 15.9 Å². The zero-order valence-corrected chi connectivity index (χ0v) is 8.66. The third kappa shape index (κ3) is 2.69. The molecule has 0 aliphatic carbocycles. The van der Waals surface area contributed by atoms with E-state index >= 15 is 0 Å². The molecular formula is C9H12BrNO2. The molecule has 4 heteroatoms. The van der Waals surface area contributed by atoms with Gasteiger partial charge in [-0.1, -0.05) is 15.9 Å². The highest BCUT2D eigenvalue weighted by atomic mass is 79.9. The summed E-state index contributed by atoms with van der Waals surface area (Å²) in [5, 5.41) is 17.9. The van der Waals surface area contributed by atoms with E-state index in [1.54, 1.807) is 18.2 Å². The van der Waals surface area contributed by atoms with Crippen LogP contribution in [0.15, 0.2) is 22.7 Å². The number of nitrogens with two attached hydrogens (primary N) is 1. The average Bonchev–Trinajstić information content (AvgIpc) is 2.09. The first-order chi connectivity index (χ1) is 6.15. The first kappa shape index (κ1) is 10.5. The lowest BCUT2D eigenvalue weighted by Gasteiger charge is -2.12. The van der Waals surface area contributed by atoms with E-state index in [9.17, 15) is 5.11 Å². The molecule has 1 aromatic rings. The number of benzene rings is 1. The standard InChI is InChI=1S/C9H12BrNO2/c10-8-2-1-6(13)5-7(8)9(11)3-4-12/h1-2,5,9,12-13H,3-4,11H2/t9-/m1/s1. The van der Waals surface area contributed by atoms with Crippen LogP contribution in [-0.4, -0.2) is 16.8 Å². The second kappa shape index (κ2) is 4.60. The Hall–Kier alpha value is -0.580. The Morgan fingerprint density at radius 3 is 2.77 bits per heavy atom. The fourth-order valence-electron chi connectivity index (χ4n) is 1.11. The van der Waals surface area contributed by atoms with E-state index in [2.05, 4.69) is 15.9 Å². The van der Waals surface area contributed by atoms with Gasteiger partial charge in [-0.25, -0.2) is 0 Å². The maximum Gasteiger partial charge on any atom is 0.115 e. The van der Waals surface area contributed by atoms with Gasteiger partial charge >= 0.3 is 0 Å². The number of rotatable bonds is 3. The van der Waals surface area contributed by atoms with Gasteiger partial charge in [-0.3, -0.25) is 0 Å². The van der Waals surface area contributed by atoms with Crippen molar-refractivity contribution >= 4 is 15.9 Å². The number of halogens is 1. The van der Waals surface area contributed by atoms with E-state index in [0.717, 1.165) is 10.0 Å². The Kier molecular flexibility index (Phi) is 3.71. The Balaban J connectivity index is 2.91. The number of hydrogen-bond acceptors (Lipinski definition) is 3. The molecule has 1 atom stereocenters. The molecule has 1 rings (SSSR count). The molecule has 0 aliphatic rings. The SMILES string of the molecule is N[C@H](CCO)c1cc(O)ccc1Br. The van der Waals surface area contributed by atoms with Gasteiger partial charge in [0.05, 0.1) is 0 Å². The third-order valence-corrected chi connectivity index (χ3v) is 2.54. The number of phenolic OH excluding ortho intramolecular Hbond substituents is 1. The molecule has 72 valence electrons. The van der Waals surface area contributed by atoms with Gasteiger partial charge in [0.1, 0.15) is 5.75 Å². The number of phenols is 1. The van der Waals surface area contributed by atoms with Crippen molar-refractivity contribution in [2.75, 3.05) is 6.61 Å². The lowest BCUT2D eigenvalue weighted by molar-refractivity contribution is 0.276. The van der Waals surface area contributed by atoms with Gasteiger partial charge in [-0.15, -0.1) is 0 Å². The van der Waals surface area contributed by atoms with Gasteiger partial charge in [0.15, 0.2) is 0 Å². The minimum absolute atomic E-state index is 0.0449. The van der Waals surface area contributed by atoms with Crippen LogP contribution in [0.5, 0.6) is 5.75 Å². The monoisotopic (exact) mass is 245 g/mol. The molecule has 0 fully saturated rings. The molecule has 0 saturated heterocycles. The zero-order chi connectivity index (χ0) is 9.84. The summed E-state index contributed by atoms with van der Waals surface area (Å²) in [6, 6.07) is 4.68. The van der Waals surface area contributed by atoms with Crippen LogP contribution in [0.1, 0.15) is 18.0 Å². The van der Waals surface area contributed by atoms with Gasteiger partial charge in [0, 0.05) is 17.1 Å². The fourth-order valence-corrected chi connectivity index (χ4v) is 1.65. The molecular weight excluding hydrogens is 234 g/mol. The summed E-state index contributed by atoms with van der Waals surface area (Å²) in [6.07, 6.45) is 0.488. The molecule has 0 bridgehead atoms. The van der Waals surface area contributed by atoms with Crippen molar-refractivity contribution in [3.8, 4) is 5.75 Å². The molecule has 0 unspecified atom stereocenters. The van der Waals surface area contributed by atoms with Crippen molar-refractivity contribution in [3.63, 3.8) is 0 Å². The summed E-state index contributed by atoms with van der Waals surface area (Å²) in [4.78, 5) is 0.